The molecule has 3 aromatic rings. The number of benzene rings is 2. The highest BCUT2D eigenvalue weighted by molar-refractivity contribution is 6.04. The molecule has 0 saturated carbocycles. The topological polar surface area (TPSA) is 76.1 Å². The number of rotatable bonds is 7. The minimum Gasteiger partial charge on any atom is -0.492 e. The van der Waals surface area contributed by atoms with Gasteiger partial charge in [0.05, 0.1) is 12.3 Å². The van der Waals surface area contributed by atoms with Crippen molar-refractivity contribution in [1.82, 2.24) is 9.97 Å². The number of anilines is 2. The summed E-state index contributed by atoms with van der Waals surface area (Å²) in [6.45, 7) is 4.80. The van der Waals surface area contributed by atoms with Crippen molar-refractivity contribution in [3.8, 4) is 5.75 Å². The number of amides is 1. The molecule has 0 fully saturated rings. The summed E-state index contributed by atoms with van der Waals surface area (Å²) in [4.78, 5) is 21.3. The van der Waals surface area contributed by atoms with E-state index in [1.165, 1.54) is 0 Å². The van der Waals surface area contributed by atoms with Crippen LogP contribution >= 0.6 is 0 Å². The van der Waals surface area contributed by atoms with Gasteiger partial charge in [-0.3, -0.25) is 4.79 Å². The van der Waals surface area contributed by atoms with Crippen molar-refractivity contribution in [1.29, 1.82) is 0 Å². The van der Waals surface area contributed by atoms with Gasteiger partial charge in [-0.1, -0.05) is 42.5 Å². The van der Waals surface area contributed by atoms with Crippen LogP contribution in [0.15, 0.2) is 60.7 Å². The van der Waals surface area contributed by atoms with E-state index in [-0.39, 0.29) is 5.91 Å². The zero-order chi connectivity index (χ0) is 19.1. The highest BCUT2D eigenvalue weighted by Gasteiger charge is 2.13. The maximum absolute atomic E-state index is 12.7. The van der Waals surface area contributed by atoms with Crippen molar-refractivity contribution >= 4 is 17.4 Å². The first kappa shape index (κ1) is 18.4. The van der Waals surface area contributed by atoms with Crippen molar-refractivity contribution in [3.05, 3.63) is 77.7 Å². The number of carbonyl (C=O) groups excluding carboxylic acids is 1. The summed E-state index contributed by atoms with van der Waals surface area (Å²) in [5.74, 6) is 1.45. The molecular formula is C21H22N4O2. The molecule has 0 unspecified atom stereocenters. The third-order valence-electron chi connectivity index (χ3n) is 3.82. The number of nitrogens with one attached hydrogen (secondary N) is 2. The van der Waals surface area contributed by atoms with E-state index < -0.39 is 0 Å². The Bertz CT molecular complexity index is 913. The van der Waals surface area contributed by atoms with Crippen LogP contribution in [0.2, 0.25) is 0 Å². The number of hydrogen-bond donors (Lipinski definition) is 2. The molecule has 1 heterocycles. The lowest BCUT2D eigenvalue weighted by molar-refractivity contribution is 0.102. The quantitative estimate of drug-likeness (QED) is 0.663. The molecule has 1 amide bonds. The Balaban J connectivity index is 1.74. The van der Waals surface area contributed by atoms with Crippen LogP contribution in [-0.4, -0.2) is 22.5 Å². The summed E-state index contributed by atoms with van der Waals surface area (Å²) >= 11 is 0. The lowest BCUT2D eigenvalue weighted by atomic mass is 10.2. The standard InChI is InChI=1S/C21H22N4O2/c1-3-27-19-12-8-7-11-17(19)25-21(26)18-13-20(24-15(2)23-18)22-14-16-9-5-4-6-10-16/h4-13H,3,14H2,1-2H3,(H,25,26)(H,22,23,24). The van der Waals surface area contributed by atoms with Crippen LogP contribution in [0.1, 0.15) is 28.8 Å². The first-order chi connectivity index (χ1) is 13.2. The third-order valence-corrected chi connectivity index (χ3v) is 3.82. The van der Waals surface area contributed by atoms with Gasteiger partial charge in [0.25, 0.3) is 5.91 Å². The summed E-state index contributed by atoms with van der Waals surface area (Å²) in [6.07, 6.45) is 0. The third kappa shape index (κ3) is 5.04. The highest BCUT2D eigenvalue weighted by atomic mass is 16.5. The summed E-state index contributed by atoms with van der Waals surface area (Å²) in [6, 6.07) is 19.0. The van der Waals surface area contributed by atoms with Gasteiger partial charge in [0.2, 0.25) is 0 Å². The maximum Gasteiger partial charge on any atom is 0.274 e. The number of hydrogen-bond acceptors (Lipinski definition) is 5. The van der Waals surface area contributed by atoms with Gasteiger partial charge < -0.3 is 15.4 Å². The molecule has 0 aliphatic carbocycles. The number of nitrogens with zero attached hydrogens (tertiary/aromatic N) is 2. The van der Waals surface area contributed by atoms with E-state index in [1.807, 2.05) is 55.5 Å². The monoisotopic (exact) mass is 362 g/mol. The van der Waals surface area contributed by atoms with Crippen LogP contribution < -0.4 is 15.4 Å². The lowest BCUT2D eigenvalue weighted by Crippen LogP contribution is -2.16. The fraction of sp³-hybridized carbons (Fsp3) is 0.190. The summed E-state index contributed by atoms with van der Waals surface area (Å²) in [5, 5.41) is 6.09. The number of ether oxygens (including phenoxy) is 1. The van der Waals surface area contributed by atoms with Gasteiger partial charge in [-0.15, -0.1) is 0 Å². The van der Waals surface area contributed by atoms with E-state index in [2.05, 4.69) is 20.6 Å². The second kappa shape index (κ2) is 8.80. The molecule has 0 aliphatic rings. The van der Waals surface area contributed by atoms with Crippen LogP contribution in [0.25, 0.3) is 0 Å². The molecule has 0 atom stereocenters. The Morgan fingerprint density at radius 1 is 1.04 bits per heavy atom. The molecule has 0 spiro atoms. The average Bonchev–Trinajstić information content (AvgIpc) is 2.68. The molecule has 6 heteroatoms. The van der Waals surface area contributed by atoms with Crippen molar-refractivity contribution in [3.63, 3.8) is 0 Å². The van der Waals surface area contributed by atoms with E-state index in [1.54, 1.807) is 19.1 Å². The van der Waals surface area contributed by atoms with E-state index in [4.69, 9.17) is 4.74 Å². The molecule has 6 nitrogen and oxygen atoms in total. The Kier molecular flexibility index (Phi) is 5.99. The van der Waals surface area contributed by atoms with Gasteiger partial charge >= 0.3 is 0 Å². The Labute approximate surface area is 158 Å². The molecule has 0 radical (unpaired) electrons. The van der Waals surface area contributed by atoms with E-state index in [0.29, 0.717) is 41.9 Å². The van der Waals surface area contributed by atoms with Gasteiger partial charge in [-0.25, -0.2) is 9.97 Å². The SMILES string of the molecule is CCOc1ccccc1NC(=O)c1cc(NCc2ccccc2)nc(C)n1. The van der Waals surface area contributed by atoms with Crippen molar-refractivity contribution in [2.75, 3.05) is 17.2 Å². The predicted octanol–water partition coefficient (Wildman–Crippen LogP) is 4.05. The zero-order valence-corrected chi connectivity index (χ0v) is 15.4. The van der Waals surface area contributed by atoms with Gasteiger partial charge in [-0.05, 0) is 31.5 Å². The van der Waals surface area contributed by atoms with E-state index in [0.717, 1.165) is 5.56 Å². The molecule has 1 aromatic heterocycles. The molecule has 0 saturated heterocycles. The summed E-state index contributed by atoms with van der Waals surface area (Å²) in [7, 11) is 0. The molecule has 3 rings (SSSR count). The van der Waals surface area contributed by atoms with E-state index in [9.17, 15) is 4.79 Å². The van der Waals surface area contributed by atoms with Crippen LogP contribution in [0.4, 0.5) is 11.5 Å². The Morgan fingerprint density at radius 2 is 1.78 bits per heavy atom. The first-order valence-corrected chi connectivity index (χ1v) is 8.82. The molecule has 0 bridgehead atoms. The van der Waals surface area contributed by atoms with Crippen LogP contribution in [0.3, 0.4) is 0 Å². The van der Waals surface area contributed by atoms with Crippen LogP contribution in [0, 0.1) is 6.92 Å². The molecule has 2 N–H and O–H groups in total. The second-order valence-electron chi connectivity index (χ2n) is 5.91. The Hall–Kier alpha value is -3.41. The molecular weight excluding hydrogens is 340 g/mol. The number of aryl methyl sites for hydroxylation is 1. The van der Waals surface area contributed by atoms with Crippen molar-refractivity contribution in [2.24, 2.45) is 0 Å². The van der Waals surface area contributed by atoms with Gasteiger partial charge in [-0.2, -0.15) is 0 Å². The zero-order valence-electron chi connectivity index (χ0n) is 15.4. The summed E-state index contributed by atoms with van der Waals surface area (Å²) < 4.78 is 5.55. The Morgan fingerprint density at radius 3 is 2.56 bits per heavy atom. The summed E-state index contributed by atoms with van der Waals surface area (Å²) in [5.41, 5.74) is 2.04. The normalized spacial score (nSPS) is 10.3. The highest BCUT2D eigenvalue weighted by Crippen LogP contribution is 2.24. The van der Waals surface area contributed by atoms with Crippen LogP contribution in [-0.2, 0) is 6.54 Å². The first-order valence-electron chi connectivity index (χ1n) is 8.82. The van der Waals surface area contributed by atoms with Gasteiger partial charge in [0.1, 0.15) is 23.1 Å². The average molecular weight is 362 g/mol. The lowest BCUT2D eigenvalue weighted by Gasteiger charge is -2.12. The second-order valence-corrected chi connectivity index (χ2v) is 5.91. The minimum atomic E-state index is -0.310. The van der Waals surface area contributed by atoms with Gasteiger partial charge in [0.15, 0.2) is 0 Å². The predicted molar refractivity (Wildman–Crippen MR) is 106 cm³/mol. The number of para-hydroxylation sites is 2. The molecule has 138 valence electrons. The smallest absolute Gasteiger partial charge is 0.274 e. The van der Waals surface area contributed by atoms with E-state index >= 15 is 0 Å². The molecule has 27 heavy (non-hydrogen) atoms. The minimum absolute atomic E-state index is 0.296. The molecule has 0 aliphatic heterocycles. The molecule has 2 aromatic carbocycles. The maximum atomic E-state index is 12.7. The fourth-order valence-corrected chi connectivity index (χ4v) is 2.60. The van der Waals surface area contributed by atoms with Crippen molar-refractivity contribution < 1.29 is 9.53 Å². The fourth-order valence-electron chi connectivity index (χ4n) is 2.60. The van der Waals surface area contributed by atoms with Crippen LogP contribution in [0.5, 0.6) is 5.75 Å². The van der Waals surface area contributed by atoms with Gasteiger partial charge in [0, 0.05) is 12.6 Å². The largest absolute Gasteiger partial charge is 0.492 e. The number of aromatic nitrogens is 2. The van der Waals surface area contributed by atoms with Crippen molar-refractivity contribution in [2.45, 2.75) is 20.4 Å². The number of carbonyl (C=O) groups is 1.